The van der Waals surface area contributed by atoms with E-state index in [4.69, 9.17) is 4.74 Å². The molecule has 0 aromatic heterocycles. The number of anilines is 1. The van der Waals surface area contributed by atoms with Gasteiger partial charge in [0.15, 0.2) is 0 Å². The van der Waals surface area contributed by atoms with Crippen LogP contribution in [-0.2, 0) is 11.2 Å². The second kappa shape index (κ2) is 3.90. The van der Waals surface area contributed by atoms with Gasteiger partial charge in [-0.2, -0.15) is 0 Å². The van der Waals surface area contributed by atoms with E-state index in [0.717, 1.165) is 17.0 Å². The van der Waals surface area contributed by atoms with Crippen LogP contribution in [0.1, 0.15) is 12.5 Å². The van der Waals surface area contributed by atoms with Gasteiger partial charge in [-0.1, -0.05) is 6.07 Å². The second-order valence-electron chi connectivity index (χ2n) is 3.63. The molecule has 1 aromatic carbocycles. The van der Waals surface area contributed by atoms with Crippen molar-refractivity contribution in [3.05, 3.63) is 23.8 Å². The highest BCUT2D eigenvalue weighted by Crippen LogP contribution is 2.31. The maximum absolute atomic E-state index is 11.0. The lowest BCUT2D eigenvalue weighted by atomic mass is 10.0. The fourth-order valence-corrected chi connectivity index (χ4v) is 1.70. The van der Waals surface area contributed by atoms with Gasteiger partial charge in [0.2, 0.25) is 5.91 Å². The van der Waals surface area contributed by atoms with E-state index in [1.165, 1.54) is 6.92 Å². The molecule has 0 radical (unpaired) electrons. The maximum atomic E-state index is 11.0. The van der Waals surface area contributed by atoms with E-state index < -0.39 is 6.10 Å². The number of aliphatic hydroxyl groups excluding tert-OH is 1. The molecule has 0 spiro atoms. The minimum atomic E-state index is -0.493. The molecule has 1 amide bonds. The molecular formula is C11H13NO3. The van der Waals surface area contributed by atoms with Gasteiger partial charge in [0.05, 0.1) is 6.10 Å². The topological polar surface area (TPSA) is 58.6 Å². The number of aliphatic hydroxyl groups is 1. The molecule has 80 valence electrons. The zero-order valence-electron chi connectivity index (χ0n) is 8.49. The monoisotopic (exact) mass is 207 g/mol. The van der Waals surface area contributed by atoms with E-state index in [-0.39, 0.29) is 5.91 Å². The largest absolute Gasteiger partial charge is 0.491 e. The first kappa shape index (κ1) is 9.98. The van der Waals surface area contributed by atoms with Gasteiger partial charge in [-0.15, -0.1) is 0 Å². The highest BCUT2D eigenvalue weighted by atomic mass is 16.5. The van der Waals surface area contributed by atoms with Crippen LogP contribution in [0.5, 0.6) is 5.75 Å². The van der Waals surface area contributed by atoms with Crippen molar-refractivity contribution in [3.8, 4) is 5.75 Å². The summed E-state index contributed by atoms with van der Waals surface area (Å²) in [5.41, 5.74) is 1.59. The molecule has 15 heavy (non-hydrogen) atoms. The number of amides is 1. The molecule has 4 heteroatoms. The molecule has 1 unspecified atom stereocenters. The summed E-state index contributed by atoms with van der Waals surface area (Å²) < 4.78 is 5.36. The average Bonchev–Trinajstić information content (AvgIpc) is 2.18. The fraction of sp³-hybridized carbons (Fsp3) is 0.364. The molecule has 0 saturated carbocycles. The van der Waals surface area contributed by atoms with Crippen LogP contribution in [0, 0.1) is 0 Å². The zero-order valence-corrected chi connectivity index (χ0v) is 8.49. The number of carbonyl (C=O) groups excluding carboxylic acids is 1. The molecule has 1 atom stereocenters. The Labute approximate surface area is 87.9 Å². The lowest BCUT2D eigenvalue weighted by Crippen LogP contribution is -2.26. The number of benzene rings is 1. The Morgan fingerprint density at radius 2 is 2.40 bits per heavy atom. The third kappa shape index (κ3) is 2.10. The number of hydrogen-bond acceptors (Lipinski definition) is 3. The minimum Gasteiger partial charge on any atom is -0.491 e. The number of carbonyl (C=O) groups is 1. The van der Waals surface area contributed by atoms with Gasteiger partial charge in [0.1, 0.15) is 12.4 Å². The molecule has 2 rings (SSSR count). The van der Waals surface area contributed by atoms with Crippen molar-refractivity contribution in [2.24, 2.45) is 0 Å². The third-order valence-corrected chi connectivity index (χ3v) is 2.31. The highest BCUT2D eigenvalue weighted by Gasteiger charge is 2.20. The van der Waals surface area contributed by atoms with Crippen LogP contribution < -0.4 is 10.1 Å². The third-order valence-electron chi connectivity index (χ3n) is 2.31. The van der Waals surface area contributed by atoms with E-state index in [2.05, 4.69) is 5.32 Å². The summed E-state index contributed by atoms with van der Waals surface area (Å²) in [5.74, 6) is 0.620. The van der Waals surface area contributed by atoms with Gasteiger partial charge < -0.3 is 15.2 Å². The predicted octanol–water partition coefficient (Wildman–Crippen LogP) is 0.941. The smallest absolute Gasteiger partial charge is 0.221 e. The van der Waals surface area contributed by atoms with Gasteiger partial charge in [0.25, 0.3) is 0 Å². The lowest BCUT2D eigenvalue weighted by molar-refractivity contribution is -0.114. The maximum Gasteiger partial charge on any atom is 0.221 e. The van der Waals surface area contributed by atoms with E-state index in [9.17, 15) is 9.90 Å². The van der Waals surface area contributed by atoms with Crippen molar-refractivity contribution in [3.63, 3.8) is 0 Å². The summed E-state index contributed by atoms with van der Waals surface area (Å²) in [4.78, 5) is 11.0. The molecule has 0 saturated heterocycles. The Balaban J connectivity index is 2.35. The number of ether oxygens (including phenoxy) is 1. The van der Waals surface area contributed by atoms with Crippen LogP contribution in [-0.4, -0.2) is 23.7 Å². The van der Waals surface area contributed by atoms with Crippen molar-refractivity contribution in [1.29, 1.82) is 0 Å². The Bertz CT molecular complexity index is 389. The van der Waals surface area contributed by atoms with Crippen LogP contribution in [0.25, 0.3) is 0 Å². The number of rotatable bonds is 1. The van der Waals surface area contributed by atoms with Crippen molar-refractivity contribution in [1.82, 2.24) is 0 Å². The van der Waals surface area contributed by atoms with Crippen molar-refractivity contribution in [2.75, 3.05) is 11.9 Å². The summed E-state index contributed by atoms with van der Waals surface area (Å²) in [5, 5.41) is 12.2. The quantitative estimate of drug-likeness (QED) is 0.720. The first-order chi connectivity index (χ1) is 7.16. The van der Waals surface area contributed by atoms with Gasteiger partial charge in [-0.05, 0) is 12.1 Å². The first-order valence-electron chi connectivity index (χ1n) is 4.87. The van der Waals surface area contributed by atoms with Crippen LogP contribution in [0.2, 0.25) is 0 Å². The minimum absolute atomic E-state index is 0.122. The van der Waals surface area contributed by atoms with E-state index in [0.29, 0.717) is 13.0 Å². The summed E-state index contributed by atoms with van der Waals surface area (Å²) in [6, 6.07) is 5.47. The first-order valence-corrected chi connectivity index (χ1v) is 4.87. The normalized spacial score (nSPS) is 18.9. The van der Waals surface area contributed by atoms with E-state index in [1.54, 1.807) is 0 Å². The van der Waals surface area contributed by atoms with Gasteiger partial charge >= 0.3 is 0 Å². The molecule has 1 heterocycles. The SMILES string of the molecule is CC(=O)Nc1cccc2c1CC(O)CO2. The summed E-state index contributed by atoms with van der Waals surface area (Å²) in [6.45, 7) is 1.77. The molecule has 0 fully saturated rings. The van der Waals surface area contributed by atoms with Crippen molar-refractivity contribution >= 4 is 11.6 Å². The summed E-state index contributed by atoms with van der Waals surface area (Å²) >= 11 is 0. The molecule has 0 aliphatic carbocycles. The molecule has 1 aliphatic heterocycles. The fourth-order valence-electron chi connectivity index (χ4n) is 1.70. The molecule has 1 aromatic rings. The van der Waals surface area contributed by atoms with E-state index >= 15 is 0 Å². The molecular weight excluding hydrogens is 194 g/mol. The molecule has 0 bridgehead atoms. The van der Waals surface area contributed by atoms with Crippen LogP contribution in [0.15, 0.2) is 18.2 Å². The second-order valence-corrected chi connectivity index (χ2v) is 3.63. The van der Waals surface area contributed by atoms with Crippen LogP contribution in [0.4, 0.5) is 5.69 Å². The zero-order chi connectivity index (χ0) is 10.8. The Morgan fingerprint density at radius 3 is 3.13 bits per heavy atom. The van der Waals surface area contributed by atoms with Crippen molar-refractivity contribution < 1.29 is 14.6 Å². The predicted molar refractivity (Wildman–Crippen MR) is 56.0 cm³/mol. The van der Waals surface area contributed by atoms with Crippen LogP contribution in [0.3, 0.4) is 0 Å². The number of fused-ring (bicyclic) bond motifs is 1. The van der Waals surface area contributed by atoms with Gasteiger partial charge in [-0.3, -0.25) is 4.79 Å². The number of hydrogen-bond donors (Lipinski definition) is 2. The highest BCUT2D eigenvalue weighted by molar-refractivity contribution is 5.90. The molecule has 4 nitrogen and oxygen atoms in total. The van der Waals surface area contributed by atoms with Gasteiger partial charge in [0, 0.05) is 24.6 Å². The van der Waals surface area contributed by atoms with Crippen LogP contribution >= 0.6 is 0 Å². The van der Waals surface area contributed by atoms with Gasteiger partial charge in [-0.25, -0.2) is 0 Å². The Morgan fingerprint density at radius 1 is 1.60 bits per heavy atom. The summed E-state index contributed by atoms with van der Waals surface area (Å²) in [6.07, 6.45) is 0.0265. The summed E-state index contributed by atoms with van der Waals surface area (Å²) in [7, 11) is 0. The lowest BCUT2D eigenvalue weighted by Gasteiger charge is -2.23. The standard InChI is InChI=1S/C11H13NO3/c1-7(13)12-10-3-2-4-11-9(10)5-8(14)6-15-11/h2-4,8,14H,5-6H2,1H3,(H,12,13). The van der Waals surface area contributed by atoms with E-state index in [1.807, 2.05) is 18.2 Å². The number of nitrogens with one attached hydrogen (secondary N) is 1. The average molecular weight is 207 g/mol. The Hall–Kier alpha value is -1.55. The van der Waals surface area contributed by atoms with Crippen molar-refractivity contribution in [2.45, 2.75) is 19.4 Å². The molecule has 1 aliphatic rings. The molecule has 2 N–H and O–H groups in total. The Kier molecular flexibility index (Phi) is 2.60.